The second-order valence-corrected chi connectivity index (χ2v) is 9.04. The van der Waals surface area contributed by atoms with E-state index in [1.807, 2.05) is 42.5 Å². The van der Waals surface area contributed by atoms with Gasteiger partial charge >= 0.3 is 0 Å². The summed E-state index contributed by atoms with van der Waals surface area (Å²) in [5, 5.41) is 2.66. The highest BCUT2D eigenvalue weighted by Gasteiger charge is 2.39. The highest BCUT2D eigenvalue weighted by Crippen LogP contribution is 2.50. The number of thioether (sulfide) groups is 2. The molecule has 2 aliphatic heterocycles. The molecule has 0 N–H and O–H groups in total. The number of para-hydroxylation sites is 1. The Morgan fingerprint density at radius 1 is 1.10 bits per heavy atom. The van der Waals surface area contributed by atoms with Gasteiger partial charge in [-0.05, 0) is 55.1 Å². The first-order chi connectivity index (χ1) is 15.2. The molecule has 0 atom stereocenters. The van der Waals surface area contributed by atoms with Gasteiger partial charge < -0.3 is 4.90 Å². The number of carbonyl (C=O) groups excluding carboxylic acids is 1. The van der Waals surface area contributed by atoms with E-state index in [1.165, 1.54) is 16.7 Å². The number of anilines is 1. The van der Waals surface area contributed by atoms with Crippen molar-refractivity contribution in [3.63, 3.8) is 0 Å². The van der Waals surface area contributed by atoms with E-state index in [2.05, 4.69) is 35.5 Å². The summed E-state index contributed by atoms with van der Waals surface area (Å²) < 4.78 is 0. The highest BCUT2D eigenvalue weighted by molar-refractivity contribution is 8.19. The Morgan fingerprint density at radius 2 is 1.97 bits per heavy atom. The van der Waals surface area contributed by atoms with E-state index in [9.17, 15) is 4.79 Å². The fourth-order valence-corrected chi connectivity index (χ4v) is 6.07. The van der Waals surface area contributed by atoms with E-state index in [0.717, 1.165) is 33.9 Å². The molecule has 1 aromatic heterocycles. The van der Waals surface area contributed by atoms with Crippen LogP contribution >= 0.6 is 23.5 Å². The fraction of sp³-hybridized carbons (Fsp3) is 0.125. The van der Waals surface area contributed by atoms with Crippen LogP contribution in [0.25, 0.3) is 10.9 Å². The molecule has 1 saturated heterocycles. The summed E-state index contributed by atoms with van der Waals surface area (Å²) >= 11 is 3.08. The molecule has 5 nitrogen and oxygen atoms in total. The molecule has 0 bridgehead atoms. The van der Waals surface area contributed by atoms with Crippen molar-refractivity contribution < 1.29 is 4.79 Å². The first-order valence-corrected chi connectivity index (χ1v) is 11.7. The molecule has 0 saturated carbocycles. The van der Waals surface area contributed by atoms with Crippen LogP contribution in [0.4, 0.5) is 11.4 Å². The molecular formula is C24H20N4OS2. The molecule has 5 rings (SSSR count). The van der Waals surface area contributed by atoms with Crippen LogP contribution in [-0.2, 0) is 4.79 Å². The first kappa shape index (κ1) is 19.9. The van der Waals surface area contributed by atoms with E-state index in [0.29, 0.717) is 16.6 Å². The average molecular weight is 445 g/mol. The summed E-state index contributed by atoms with van der Waals surface area (Å²) in [6.07, 6.45) is 3.51. The van der Waals surface area contributed by atoms with Crippen LogP contribution < -0.4 is 4.90 Å². The van der Waals surface area contributed by atoms with Crippen LogP contribution in [0.2, 0.25) is 0 Å². The van der Waals surface area contributed by atoms with Crippen molar-refractivity contribution >= 4 is 56.9 Å². The zero-order chi connectivity index (χ0) is 21.4. The van der Waals surface area contributed by atoms with Crippen molar-refractivity contribution in [3.8, 4) is 0 Å². The number of amidine groups is 1. The van der Waals surface area contributed by atoms with Gasteiger partial charge in [-0.15, -0.1) is 6.58 Å². The molecule has 3 heterocycles. The lowest BCUT2D eigenvalue weighted by Gasteiger charge is -2.19. The minimum Gasteiger partial charge on any atom is -0.334 e. The van der Waals surface area contributed by atoms with Crippen molar-refractivity contribution in [2.24, 2.45) is 4.99 Å². The molecule has 0 unspecified atom stereocenters. The molecule has 31 heavy (non-hydrogen) atoms. The number of fused-ring (bicyclic) bond motifs is 2. The summed E-state index contributed by atoms with van der Waals surface area (Å²) in [5.41, 5.74) is 2.87. The van der Waals surface area contributed by atoms with Crippen molar-refractivity contribution in [2.45, 2.75) is 11.8 Å². The Balaban J connectivity index is 1.56. The van der Waals surface area contributed by atoms with Gasteiger partial charge in [0.25, 0.3) is 5.91 Å². The molecule has 3 aromatic rings. The number of benzene rings is 2. The molecule has 2 aliphatic rings. The molecule has 0 spiro atoms. The van der Waals surface area contributed by atoms with Gasteiger partial charge in [0.05, 0.1) is 16.9 Å². The van der Waals surface area contributed by atoms with Crippen LogP contribution in [0.5, 0.6) is 0 Å². The number of hydrogen-bond acceptors (Lipinski definition) is 6. The monoisotopic (exact) mass is 444 g/mol. The Morgan fingerprint density at radius 3 is 2.81 bits per heavy atom. The van der Waals surface area contributed by atoms with Crippen LogP contribution in [0.3, 0.4) is 0 Å². The summed E-state index contributed by atoms with van der Waals surface area (Å²) in [5.74, 6) is -0.0279. The van der Waals surface area contributed by atoms with Gasteiger partial charge in [0.1, 0.15) is 9.93 Å². The SMILES string of the molecule is C=CCN1C(=O)C(=C2Sc3ccccc3N2CC)SC1=Nc1ccc2ncccc2c1. The summed E-state index contributed by atoms with van der Waals surface area (Å²) in [4.78, 5) is 28.4. The number of carbonyl (C=O) groups is 1. The predicted octanol–water partition coefficient (Wildman–Crippen LogP) is 5.79. The van der Waals surface area contributed by atoms with Gasteiger partial charge in [-0.2, -0.15) is 0 Å². The molecular weight excluding hydrogens is 424 g/mol. The second-order valence-electron chi connectivity index (χ2n) is 7.03. The number of pyridine rings is 1. The smallest absolute Gasteiger partial charge is 0.269 e. The van der Waals surface area contributed by atoms with Crippen LogP contribution in [-0.4, -0.2) is 34.0 Å². The highest BCUT2D eigenvalue weighted by atomic mass is 32.2. The van der Waals surface area contributed by atoms with Crippen molar-refractivity contribution in [2.75, 3.05) is 18.0 Å². The van der Waals surface area contributed by atoms with Crippen LogP contribution in [0, 0.1) is 0 Å². The van der Waals surface area contributed by atoms with Gasteiger partial charge in [-0.1, -0.05) is 36.0 Å². The minimum atomic E-state index is -0.0279. The molecule has 0 radical (unpaired) electrons. The predicted molar refractivity (Wildman–Crippen MR) is 131 cm³/mol. The standard InChI is InChI=1S/C24H20N4OS2/c1-3-14-28-22(29)21(23-27(4-2)19-9-5-6-10-20(19)30-23)31-24(28)26-17-11-12-18-16(15-17)8-7-13-25-18/h3,5-13,15H,1,4,14H2,2H3. The second kappa shape index (κ2) is 8.24. The zero-order valence-electron chi connectivity index (χ0n) is 17.0. The van der Waals surface area contributed by atoms with E-state index < -0.39 is 0 Å². The average Bonchev–Trinajstić information content (AvgIpc) is 3.31. The van der Waals surface area contributed by atoms with E-state index in [4.69, 9.17) is 4.99 Å². The molecule has 2 aromatic carbocycles. The number of rotatable bonds is 4. The number of nitrogens with zero attached hydrogens (tertiary/aromatic N) is 4. The number of hydrogen-bond donors (Lipinski definition) is 0. The Bertz CT molecular complexity index is 1270. The lowest BCUT2D eigenvalue weighted by Crippen LogP contribution is -2.30. The maximum atomic E-state index is 13.4. The molecule has 1 fully saturated rings. The lowest BCUT2D eigenvalue weighted by molar-refractivity contribution is -0.121. The van der Waals surface area contributed by atoms with E-state index >= 15 is 0 Å². The maximum absolute atomic E-state index is 13.4. The third kappa shape index (κ3) is 3.54. The Kier molecular flexibility index (Phi) is 5.29. The largest absolute Gasteiger partial charge is 0.334 e. The number of aromatic nitrogens is 1. The maximum Gasteiger partial charge on any atom is 0.269 e. The normalized spacial score (nSPS) is 19.5. The van der Waals surface area contributed by atoms with Crippen molar-refractivity contribution in [1.29, 1.82) is 0 Å². The fourth-order valence-electron chi connectivity index (χ4n) is 3.67. The van der Waals surface area contributed by atoms with Gasteiger partial charge in [0, 0.05) is 29.6 Å². The summed E-state index contributed by atoms with van der Waals surface area (Å²) in [6.45, 7) is 7.14. The van der Waals surface area contributed by atoms with Crippen molar-refractivity contribution in [1.82, 2.24) is 9.88 Å². The van der Waals surface area contributed by atoms with Gasteiger partial charge in [0.15, 0.2) is 5.17 Å². The van der Waals surface area contributed by atoms with Gasteiger partial charge in [-0.25, -0.2) is 4.99 Å². The third-order valence-corrected chi connectivity index (χ3v) is 7.48. The van der Waals surface area contributed by atoms with Crippen LogP contribution in [0.1, 0.15) is 6.92 Å². The van der Waals surface area contributed by atoms with E-state index in [-0.39, 0.29) is 5.91 Å². The Labute approximate surface area is 189 Å². The summed E-state index contributed by atoms with van der Waals surface area (Å²) in [6, 6.07) is 18.1. The third-order valence-electron chi connectivity index (χ3n) is 5.10. The zero-order valence-corrected chi connectivity index (χ0v) is 18.6. The molecule has 154 valence electrons. The summed E-state index contributed by atoms with van der Waals surface area (Å²) in [7, 11) is 0. The molecule has 1 amide bonds. The topological polar surface area (TPSA) is 48.8 Å². The lowest BCUT2D eigenvalue weighted by atomic mass is 10.2. The number of amides is 1. The van der Waals surface area contributed by atoms with Gasteiger partial charge in [0.2, 0.25) is 0 Å². The number of aliphatic imine (C=N–C) groups is 1. The van der Waals surface area contributed by atoms with Gasteiger partial charge in [-0.3, -0.25) is 14.7 Å². The molecule has 0 aliphatic carbocycles. The molecule has 7 heteroatoms. The van der Waals surface area contributed by atoms with E-state index in [1.54, 1.807) is 28.9 Å². The van der Waals surface area contributed by atoms with Crippen LogP contribution in [0.15, 0.2) is 93.3 Å². The Hall–Kier alpha value is -3.03. The van der Waals surface area contributed by atoms with Crippen molar-refractivity contribution in [3.05, 3.63) is 83.4 Å². The first-order valence-electron chi connectivity index (χ1n) is 10.0. The quantitative estimate of drug-likeness (QED) is 0.377. The minimum absolute atomic E-state index is 0.0279.